The van der Waals surface area contributed by atoms with E-state index in [-0.39, 0.29) is 22.5 Å². The third-order valence-corrected chi connectivity index (χ3v) is 2.89. The molecular weight excluding hydrogens is 230 g/mol. The Morgan fingerprint density at radius 3 is 2.44 bits per heavy atom. The lowest BCUT2D eigenvalue weighted by atomic mass is 10.2. The second-order valence-corrected chi connectivity index (χ2v) is 4.19. The van der Waals surface area contributed by atoms with Crippen molar-refractivity contribution in [2.24, 2.45) is 0 Å². The van der Waals surface area contributed by atoms with Gasteiger partial charge >= 0.3 is 0 Å². The van der Waals surface area contributed by atoms with Gasteiger partial charge in [-0.2, -0.15) is 0 Å². The standard InChI is InChI=1S/C9H7N3O3S/c10-9-11(5-8(13)16-9)6-1-3-7(4-2-6)12(14)15/h1-4,10H,5H2. The smallest absolute Gasteiger partial charge is 0.269 e. The van der Waals surface area contributed by atoms with Crippen molar-refractivity contribution in [3.63, 3.8) is 0 Å². The summed E-state index contributed by atoms with van der Waals surface area (Å²) in [4.78, 5) is 22.5. The number of non-ortho nitro benzene ring substituents is 1. The maximum absolute atomic E-state index is 11.1. The second-order valence-electron chi connectivity index (χ2n) is 3.14. The lowest BCUT2D eigenvalue weighted by molar-refractivity contribution is -0.384. The van der Waals surface area contributed by atoms with Gasteiger partial charge in [0.25, 0.3) is 5.69 Å². The molecule has 1 fully saturated rings. The number of nitrogens with one attached hydrogen (secondary N) is 1. The second kappa shape index (κ2) is 3.93. The van der Waals surface area contributed by atoms with Crippen LogP contribution in [0, 0.1) is 15.5 Å². The maximum atomic E-state index is 11.1. The van der Waals surface area contributed by atoms with Gasteiger partial charge in [-0.15, -0.1) is 0 Å². The Morgan fingerprint density at radius 1 is 1.38 bits per heavy atom. The number of nitro groups is 1. The predicted molar refractivity (Wildman–Crippen MR) is 60.8 cm³/mol. The lowest BCUT2D eigenvalue weighted by Gasteiger charge is -2.14. The summed E-state index contributed by atoms with van der Waals surface area (Å²) in [6, 6.07) is 5.78. The van der Waals surface area contributed by atoms with Crippen LogP contribution >= 0.6 is 11.8 Å². The summed E-state index contributed by atoms with van der Waals surface area (Å²) in [5, 5.41) is 18.0. The number of nitro benzene ring substituents is 1. The Hall–Kier alpha value is -1.89. The van der Waals surface area contributed by atoms with Crippen LogP contribution in [0.2, 0.25) is 0 Å². The molecule has 0 amide bonds. The summed E-state index contributed by atoms with van der Waals surface area (Å²) in [6.45, 7) is 0.140. The summed E-state index contributed by atoms with van der Waals surface area (Å²) < 4.78 is 0. The van der Waals surface area contributed by atoms with E-state index in [1.165, 1.54) is 29.2 Å². The molecule has 6 nitrogen and oxygen atoms in total. The highest BCUT2D eigenvalue weighted by Crippen LogP contribution is 2.26. The van der Waals surface area contributed by atoms with Gasteiger partial charge in [-0.3, -0.25) is 20.3 Å². The molecule has 0 radical (unpaired) electrons. The van der Waals surface area contributed by atoms with E-state index in [1.807, 2.05) is 0 Å². The maximum Gasteiger partial charge on any atom is 0.269 e. The largest absolute Gasteiger partial charge is 0.313 e. The molecule has 2 rings (SSSR count). The van der Waals surface area contributed by atoms with E-state index in [4.69, 9.17) is 5.41 Å². The van der Waals surface area contributed by atoms with Gasteiger partial charge < -0.3 is 4.90 Å². The zero-order chi connectivity index (χ0) is 11.7. The van der Waals surface area contributed by atoms with E-state index >= 15 is 0 Å². The highest BCUT2D eigenvalue weighted by Gasteiger charge is 2.26. The average molecular weight is 237 g/mol. The molecule has 0 saturated carbocycles. The van der Waals surface area contributed by atoms with Gasteiger partial charge in [0.2, 0.25) is 5.12 Å². The highest BCUT2D eigenvalue weighted by atomic mass is 32.2. The third-order valence-electron chi connectivity index (χ3n) is 2.12. The topological polar surface area (TPSA) is 87.3 Å². The number of carbonyl (C=O) groups is 1. The SMILES string of the molecule is N=C1SC(=O)CN1c1ccc([N+](=O)[O-])cc1. The van der Waals surface area contributed by atoms with Crippen LogP contribution in [0.5, 0.6) is 0 Å². The molecule has 82 valence electrons. The zero-order valence-electron chi connectivity index (χ0n) is 8.04. The molecule has 16 heavy (non-hydrogen) atoms. The first kappa shape index (κ1) is 10.6. The number of hydrogen-bond acceptors (Lipinski definition) is 5. The van der Waals surface area contributed by atoms with Crippen molar-refractivity contribution in [1.29, 1.82) is 5.41 Å². The zero-order valence-corrected chi connectivity index (χ0v) is 8.86. The normalized spacial score (nSPS) is 15.6. The van der Waals surface area contributed by atoms with Crippen LogP contribution in [0.3, 0.4) is 0 Å². The summed E-state index contributed by atoms with van der Waals surface area (Å²) in [6.07, 6.45) is 0. The first-order valence-electron chi connectivity index (χ1n) is 4.39. The predicted octanol–water partition coefficient (Wildman–Crippen LogP) is 1.61. The molecule has 7 heteroatoms. The van der Waals surface area contributed by atoms with E-state index < -0.39 is 4.92 Å². The van der Waals surface area contributed by atoms with Gasteiger partial charge in [0.15, 0.2) is 5.17 Å². The third kappa shape index (κ3) is 1.89. The molecule has 0 aliphatic carbocycles. The van der Waals surface area contributed by atoms with Crippen LogP contribution in [-0.4, -0.2) is 21.8 Å². The number of amidine groups is 1. The van der Waals surface area contributed by atoms with Crippen molar-refractivity contribution in [3.05, 3.63) is 34.4 Å². The fraction of sp³-hybridized carbons (Fsp3) is 0.111. The minimum atomic E-state index is -0.487. The summed E-state index contributed by atoms with van der Waals surface area (Å²) in [7, 11) is 0. The molecule has 1 aromatic rings. The van der Waals surface area contributed by atoms with E-state index in [1.54, 1.807) is 0 Å². The molecule has 1 heterocycles. The molecule has 1 aromatic carbocycles. The van der Waals surface area contributed by atoms with E-state index in [0.29, 0.717) is 5.69 Å². The minimum absolute atomic E-state index is 0.00606. The molecule has 0 atom stereocenters. The van der Waals surface area contributed by atoms with Crippen LogP contribution in [0.1, 0.15) is 0 Å². The van der Waals surface area contributed by atoms with E-state index in [9.17, 15) is 14.9 Å². The van der Waals surface area contributed by atoms with Crippen molar-refractivity contribution in [2.45, 2.75) is 0 Å². The Bertz CT molecular complexity index is 471. The number of benzene rings is 1. The molecule has 0 aromatic heterocycles. The molecule has 1 N–H and O–H groups in total. The number of rotatable bonds is 2. The van der Waals surface area contributed by atoms with Gasteiger partial charge in [0, 0.05) is 17.8 Å². The van der Waals surface area contributed by atoms with Crippen molar-refractivity contribution >= 4 is 33.4 Å². The molecule has 0 bridgehead atoms. The van der Waals surface area contributed by atoms with E-state index in [0.717, 1.165) is 11.8 Å². The minimum Gasteiger partial charge on any atom is -0.313 e. The van der Waals surface area contributed by atoms with E-state index in [2.05, 4.69) is 0 Å². The van der Waals surface area contributed by atoms with Gasteiger partial charge in [-0.25, -0.2) is 0 Å². The Labute approximate surface area is 94.9 Å². The van der Waals surface area contributed by atoms with Gasteiger partial charge in [-0.1, -0.05) is 0 Å². The van der Waals surface area contributed by atoms with Crippen molar-refractivity contribution in [2.75, 3.05) is 11.4 Å². The van der Waals surface area contributed by atoms with Crippen molar-refractivity contribution < 1.29 is 9.72 Å². The van der Waals surface area contributed by atoms with Crippen LogP contribution in [0.25, 0.3) is 0 Å². The van der Waals surface area contributed by atoms with Gasteiger partial charge in [-0.05, 0) is 23.9 Å². The van der Waals surface area contributed by atoms with Crippen LogP contribution in [-0.2, 0) is 4.79 Å². The first-order valence-corrected chi connectivity index (χ1v) is 5.21. The monoisotopic (exact) mass is 237 g/mol. The van der Waals surface area contributed by atoms with Crippen LogP contribution in [0.15, 0.2) is 24.3 Å². The fourth-order valence-electron chi connectivity index (χ4n) is 1.36. The average Bonchev–Trinajstić information content (AvgIpc) is 2.58. The molecule has 0 spiro atoms. The highest BCUT2D eigenvalue weighted by molar-refractivity contribution is 8.27. The Balaban J connectivity index is 2.25. The van der Waals surface area contributed by atoms with Crippen LogP contribution in [0.4, 0.5) is 11.4 Å². The Kier molecular flexibility index (Phi) is 2.61. The van der Waals surface area contributed by atoms with Crippen LogP contribution < -0.4 is 4.90 Å². The molecule has 0 unspecified atom stereocenters. The van der Waals surface area contributed by atoms with Gasteiger partial charge in [0.1, 0.15) is 0 Å². The molecule has 1 aliphatic heterocycles. The Morgan fingerprint density at radius 2 is 2.00 bits per heavy atom. The van der Waals surface area contributed by atoms with Gasteiger partial charge in [0.05, 0.1) is 11.5 Å². The first-order chi connectivity index (χ1) is 7.58. The molecule has 1 saturated heterocycles. The number of thioether (sulfide) groups is 1. The number of hydrogen-bond donors (Lipinski definition) is 1. The van der Waals surface area contributed by atoms with Crippen molar-refractivity contribution in [3.8, 4) is 0 Å². The fourth-order valence-corrected chi connectivity index (χ4v) is 2.05. The van der Waals surface area contributed by atoms with Crippen molar-refractivity contribution in [1.82, 2.24) is 0 Å². The summed E-state index contributed by atoms with van der Waals surface area (Å²) in [5.41, 5.74) is 0.613. The summed E-state index contributed by atoms with van der Waals surface area (Å²) in [5.74, 6) is 0. The molecular formula is C9H7N3O3S. The lowest BCUT2D eigenvalue weighted by Crippen LogP contribution is -2.23. The molecule has 1 aliphatic rings. The number of anilines is 1. The quantitative estimate of drug-likeness (QED) is 0.623. The number of nitrogens with zero attached hydrogens (tertiary/aromatic N) is 2. The summed E-state index contributed by atoms with van der Waals surface area (Å²) >= 11 is 0.870. The number of carbonyl (C=O) groups excluding carboxylic acids is 1.